The number of hydrogen-bond donors (Lipinski definition) is 2. The van der Waals surface area contributed by atoms with Crippen LogP contribution in [0.25, 0.3) is 0 Å². The lowest BCUT2D eigenvalue weighted by molar-refractivity contribution is 0.483. The molecule has 0 aliphatic heterocycles. The molecular formula is C13H13N3O3S. The molecule has 3 N–H and O–H groups in total. The first kappa shape index (κ1) is 14.2. The maximum atomic E-state index is 11.1. The van der Waals surface area contributed by atoms with Crippen LogP contribution in [0.2, 0.25) is 0 Å². The highest BCUT2D eigenvalue weighted by atomic mass is 32.2. The first-order valence-corrected chi connectivity index (χ1v) is 7.16. The van der Waals surface area contributed by atoms with Gasteiger partial charge in [0.25, 0.3) is 10.1 Å². The molecule has 6 nitrogen and oxygen atoms in total. The Balaban J connectivity index is 2.33. The second-order valence-electron chi connectivity index (χ2n) is 4.23. The summed E-state index contributed by atoms with van der Waals surface area (Å²) in [6, 6.07) is 11.4. The van der Waals surface area contributed by atoms with Gasteiger partial charge in [0, 0.05) is 0 Å². The molecule has 0 amide bonds. The molecule has 2 aromatic rings. The van der Waals surface area contributed by atoms with Crippen LogP contribution in [0, 0.1) is 6.92 Å². The third-order valence-corrected chi connectivity index (χ3v) is 3.50. The van der Waals surface area contributed by atoms with Gasteiger partial charge in [0.05, 0.1) is 17.1 Å². The lowest BCUT2D eigenvalue weighted by atomic mass is 10.2. The fourth-order valence-corrected chi connectivity index (χ4v) is 2.17. The highest BCUT2D eigenvalue weighted by Gasteiger charge is 2.14. The average molecular weight is 291 g/mol. The molecule has 0 fully saturated rings. The molecule has 0 bridgehead atoms. The summed E-state index contributed by atoms with van der Waals surface area (Å²) in [4.78, 5) is -0.377. The minimum absolute atomic E-state index is 0.0400. The number of nitrogens with zero attached hydrogens (tertiary/aromatic N) is 2. The quantitative estimate of drug-likeness (QED) is 0.514. The van der Waals surface area contributed by atoms with Gasteiger partial charge in [-0.05, 0) is 37.3 Å². The summed E-state index contributed by atoms with van der Waals surface area (Å²) >= 11 is 0. The van der Waals surface area contributed by atoms with Crippen molar-refractivity contribution in [2.75, 3.05) is 5.73 Å². The lowest BCUT2D eigenvalue weighted by Crippen LogP contribution is -2.02. The van der Waals surface area contributed by atoms with E-state index in [9.17, 15) is 8.42 Å². The van der Waals surface area contributed by atoms with Gasteiger partial charge >= 0.3 is 0 Å². The highest BCUT2D eigenvalue weighted by Crippen LogP contribution is 2.25. The first-order chi connectivity index (χ1) is 9.36. The number of hydrogen-bond acceptors (Lipinski definition) is 5. The van der Waals surface area contributed by atoms with Crippen LogP contribution in [0.15, 0.2) is 57.6 Å². The van der Waals surface area contributed by atoms with Crippen LogP contribution in [0.3, 0.4) is 0 Å². The number of benzene rings is 2. The maximum Gasteiger partial charge on any atom is 0.296 e. The van der Waals surface area contributed by atoms with Crippen LogP contribution in [0.4, 0.5) is 17.1 Å². The van der Waals surface area contributed by atoms with E-state index in [-0.39, 0.29) is 16.3 Å². The van der Waals surface area contributed by atoms with Crippen LogP contribution < -0.4 is 5.73 Å². The molecular weight excluding hydrogens is 278 g/mol. The first-order valence-electron chi connectivity index (χ1n) is 5.72. The van der Waals surface area contributed by atoms with Gasteiger partial charge in [-0.15, -0.1) is 0 Å². The van der Waals surface area contributed by atoms with Crippen molar-refractivity contribution in [1.82, 2.24) is 0 Å². The normalized spacial score (nSPS) is 11.9. The number of rotatable bonds is 3. The number of azo groups is 1. The fourth-order valence-electron chi connectivity index (χ4n) is 1.54. The predicted octanol–water partition coefficient (Wildman–Crippen LogP) is 3.24. The van der Waals surface area contributed by atoms with Gasteiger partial charge < -0.3 is 5.73 Å². The zero-order chi connectivity index (χ0) is 14.8. The van der Waals surface area contributed by atoms with Crippen molar-refractivity contribution in [3.8, 4) is 0 Å². The Bertz CT molecular complexity index is 753. The maximum absolute atomic E-state index is 11.1. The largest absolute Gasteiger partial charge is 0.398 e. The molecule has 0 aliphatic carbocycles. The summed E-state index contributed by atoms with van der Waals surface area (Å²) in [7, 11) is -4.37. The minimum Gasteiger partial charge on any atom is -0.398 e. The molecule has 2 aromatic carbocycles. The molecule has 0 saturated heterocycles. The molecule has 104 valence electrons. The van der Waals surface area contributed by atoms with Crippen molar-refractivity contribution in [3.05, 3.63) is 48.0 Å². The third kappa shape index (κ3) is 3.40. The summed E-state index contributed by atoms with van der Waals surface area (Å²) in [6.07, 6.45) is 0. The van der Waals surface area contributed by atoms with Crippen molar-refractivity contribution >= 4 is 27.2 Å². The zero-order valence-electron chi connectivity index (χ0n) is 10.7. The van der Waals surface area contributed by atoms with E-state index in [1.165, 1.54) is 18.2 Å². The second-order valence-corrected chi connectivity index (χ2v) is 5.62. The van der Waals surface area contributed by atoms with Gasteiger partial charge in [0.2, 0.25) is 0 Å². The summed E-state index contributed by atoms with van der Waals surface area (Å²) in [6.45, 7) is 1.96. The van der Waals surface area contributed by atoms with Crippen molar-refractivity contribution in [1.29, 1.82) is 0 Å². The third-order valence-electron chi connectivity index (χ3n) is 2.59. The number of nitrogens with two attached hydrogens (primary N) is 1. The molecule has 0 spiro atoms. The molecule has 2 rings (SSSR count). The summed E-state index contributed by atoms with van der Waals surface area (Å²) in [5.41, 5.74) is 7.47. The molecule has 7 heteroatoms. The van der Waals surface area contributed by atoms with Gasteiger partial charge in [-0.3, -0.25) is 4.55 Å². The molecule has 20 heavy (non-hydrogen) atoms. The van der Waals surface area contributed by atoms with Crippen molar-refractivity contribution in [3.63, 3.8) is 0 Å². The van der Waals surface area contributed by atoms with E-state index in [0.29, 0.717) is 5.69 Å². The second kappa shape index (κ2) is 5.40. The van der Waals surface area contributed by atoms with E-state index in [2.05, 4.69) is 10.2 Å². The monoisotopic (exact) mass is 291 g/mol. The average Bonchev–Trinajstić information content (AvgIpc) is 2.38. The highest BCUT2D eigenvalue weighted by molar-refractivity contribution is 7.86. The Morgan fingerprint density at radius 2 is 1.55 bits per heavy atom. The van der Waals surface area contributed by atoms with Crippen LogP contribution in [0.1, 0.15) is 5.56 Å². The minimum atomic E-state index is -4.37. The molecule has 0 aromatic heterocycles. The molecule has 0 unspecified atom stereocenters. The van der Waals surface area contributed by atoms with Gasteiger partial charge in [-0.1, -0.05) is 17.7 Å². The van der Waals surface area contributed by atoms with E-state index in [1.54, 1.807) is 12.1 Å². The van der Waals surface area contributed by atoms with Gasteiger partial charge in [0.15, 0.2) is 0 Å². The van der Waals surface area contributed by atoms with Crippen LogP contribution in [-0.4, -0.2) is 13.0 Å². The SMILES string of the molecule is Cc1ccc(N=Nc2ccc(N)c(S(=O)(=O)O)c2)cc1. The summed E-state index contributed by atoms with van der Waals surface area (Å²) < 4.78 is 31.3. The Morgan fingerprint density at radius 3 is 2.15 bits per heavy atom. The molecule has 0 radical (unpaired) electrons. The van der Waals surface area contributed by atoms with Gasteiger partial charge in [-0.2, -0.15) is 18.6 Å². The number of anilines is 1. The van der Waals surface area contributed by atoms with Gasteiger partial charge in [-0.25, -0.2) is 0 Å². The predicted molar refractivity (Wildman–Crippen MR) is 76.0 cm³/mol. The number of nitrogen functional groups attached to an aromatic ring is 1. The fraction of sp³-hybridized carbons (Fsp3) is 0.0769. The van der Waals surface area contributed by atoms with E-state index < -0.39 is 10.1 Å². The summed E-state index contributed by atoms with van der Waals surface area (Å²) in [5, 5.41) is 7.89. The Hall–Kier alpha value is -2.25. The Kier molecular flexibility index (Phi) is 3.82. The van der Waals surface area contributed by atoms with Crippen LogP contribution in [0.5, 0.6) is 0 Å². The van der Waals surface area contributed by atoms with Crippen LogP contribution >= 0.6 is 0 Å². The Morgan fingerprint density at radius 1 is 1.00 bits per heavy atom. The van der Waals surface area contributed by atoms with Crippen molar-refractivity contribution < 1.29 is 13.0 Å². The van der Waals surface area contributed by atoms with Crippen molar-refractivity contribution in [2.45, 2.75) is 11.8 Å². The van der Waals surface area contributed by atoms with E-state index in [0.717, 1.165) is 5.56 Å². The van der Waals surface area contributed by atoms with E-state index >= 15 is 0 Å². The van der Waals surface area contributed by atoms with Crippen molar-refractivity contribution in [2.24, 2.45) is 10.2 Å². The molecule has 0 saturated carbocycles. The number of aryl methyl sites for hydroxylation is 1. The standard InChI is InChI=1S/C13H13N3O3S/c1-9-2-4-10(5-3-9)15-16-11-6-7-12(14)13(8-11)20(17,18)19/h2-8H,14H2,1H3,(H,17,18,19). The Labute approximate surface area is 116 Å². The van der Waals surface area contributed by atoms with E-state index in [1.807, 2.05) is 19.1 Å². The molecule has 0 atom stereocenters. The molecule has 0 aliphatic rings. The van der Waals surface area contributed by atoms with E-state index in [4.69, 9.17) is 10.3 Å². The lowest BCUT2D eigenvalue weighted by Gasteiger charge is -2.02. The molecule has 0 heterocycles. The van der Waals surface area contributed by atoms with Crippen LogP contribution in [-0.2, 0) is 10.1 Å². The van der Waals surface area contributed by atoms with Gasteiger partial charge in [0.1, 0.15) is 4.90 Å². The smallest absolute Gasteiger partial charge is 0.296 e. The summed E-state index contributed by atoms with van der Waals surface area (Å²) in [5.74, 6) is 0. The topological polar surface area (TPSA) is 105 Å². The zero-order valence-corrected chi connectivity index (χ0v) is 11.5.